The van der Waals surface area contributed by atoms with Crippen LogP contribution in [-0.4, -0.2) is 32.2 Å². The maximum atomic E-state index is 10.8. The molecule has 7 nitrogen and oxygen atoms in total. The molecule has 0 aliphatic carbocycles. The Morgan fingerprint density at radius 1 is 1.50 bits per heavy atom. The molecule has 18 heavy (non-hydrogen) atoms. The van der Waals surface area contributed by atoms with Gasteiger partial charge in [0.15, 0.2) is 5.69 Å². The van der Waals surface area contributed by atoms with Gasteiger partial charge in [-0.05, 0) is 12.1 Å². The standard InChI is InChI=1S/C11H13N5O2/c12-8-1-2-9(11(17)18)15-10(8)14-4-6-16-5-3-13-7-16/h1-3,5,7H,4,6,12H2,(H,14,15)(H,17,18). The van der Waals surface area contributed by atoms with E-state index in [4.69, 9.17) is 10.8 Å². The van der Waals surface area contributed by atoms with Crippen LogP contribution in [0.1, 0.15) is 10.5 Å². The van der Waals surface area contributed by atoms with Crippen LogP contribution in [-0.2, 0) is 6.54 Å². The molecular formula is C11H13N5O2. The molecule has 0 amide bonds. The first-order valence-corrected chi connectivity index (χ1v) is 5.36. The van der Waals surface area contributed by atoms with Crippen molar-refractivity contribution in [2.24, 2.45) is 0 Å². The van der Waals surface area contributed by atoms with Gasteiger partial charge in [-0.2, -0.15) is 0 Å². The van der Waals surface area contributed by atoms with Crippen molar-refractivity contribution in [3.05, 3.63) is 36.5 Å². The number of hydrogen-bond donors (Lipinski definition) is 3. The lowest BCUT2D eigenvalue weighted by molar-refractivity contribution is 0.0690. The number of rotatable bonds is 5. The Balaban J connectivity index is 2.00. The highest BCUT2D eigenvalue weighted by atomic mass is 16.4. The van der Waals surface area contributed by atoms with E-state index < -0.39 is 5.97 Å². The van der Waals surface area contributed by atoms with Crippen LogP contribution in [0.25, 0.3) is 0 Å². The third kappa shape index (κ3) is 2.76. The summed E-state index contributed by atoms with van der Waals surface area (Å²) in [5.74, 6) is -0.692. The zero-order valence-corrected chi connectivity index (χ0v) is 9.58. The van der Waals surface area contributed by atoms with E-state index >= 15 is 0 Å². The highest BCUT2D eigenvalue weighted by Crippen LogP contribution is 2.15. The van der Waals surface area contributed by atoms with Crippen LogP contribution in [0.15, 0.2) is 30.9 Å². The molecule has 0 aromatic carbocycles. The molecule has 0 atom stereocenters. The molecule has 2 heterocycles. The lowest BCUT2D eigenvalue weighted by atomic mass is 10.3. The summed E-state index contributed by atoms with van der Waals surface area (Å²) in [6.07, 6.45) is 5.23. The fraction of sp³-hybridized carbons (Fsp3) is 0.182. The van der Waals surface area contributed by atoms with E-state index in [0.29, 0.717) is 24.6 Å². The van der Waals surface area contributed by atoms with Gasteiger partial charge in [-0.25, -0.2) is 14.8 Å². The number of hydrogen-bond acceptors (Lipinski definition) is 5. The average molecular weight is 247 g/mol. The summed E-state index contributed by atoms with van der Waals surface area (Å²) in [6, 6.07) is 2.90. The first-order valence-electron chi connectivity index (χ1n) is 5.36. The Bertz CT molecular complexity index is 538. The number of aromatic nitrogens is 3. The van der Waals surface area contributed by atoms with Gasteiger partial charge < -0.3 is 20.7 Å². The number of nitrogens with one attached hydrogen (secondary N) is 1. The predicted molar refractivity (Wildman–Crippen MR) is 66.3 cm³/mol. The first-order chi connectivity index (χ1) is 8.66. The van der Waals surface area contributed by atoms with Gasteiger partial charge in [-0.15, -0.1) is 0 Å². The molecule has 0 spiro atoms. The van der Waals surface area contributed by atoms with Gasteiger partial charge in [0.2, 0.25) is 0 Å². The Morgan fingerprint density at radius 2 is 2.33 bits per heavy atom. The van der Waals surface area contributed by atoms with E-state index in [1.165, 1.54) is 12.1 Å². The number of anilines is 2. The van der Waals surface area contributed by atoms with Gasteiger partial charge in [0.1, 0.15) is 5.82 Å². The normalized spacial score (nSPS) is 10.2. The lowest BCUT2D eigenvalue weighted by Crippen LogP contribution is -2.13. The number of pyridine rings is 1. The molecule has 94 valence electrons. The summed E-state index contributed by atoms with van der Waals surface area (Å²) in [6.45, 7) is 1.27. The molecule has 2 aromatic rings. The van der Waals surface area contributed by atoms with Gasteiger partial charge in [0, 0.05) is 25.5 Å². The van der Waals surface area contributed by atoms with E-state index in [2.05, 4.69) is 15.3 Å². The summed E-state index contributed by atoms with van der Waals surface area (Å²) in [4.78, 5) is 18.6. The van der Waals surface area contributed by atoms with Crippen LogP contribution >= 0.6 is 0 Å². The molecule has 4 N–H and O–H groups in total. The Morgan fingerprint density at radius 3 is 3.00 bits per heavy atom. The molecule has 0 aliphatic heterocycles. The van der Waals surface area contributed by atoms with Gasteiger partial charge in [-0.1, -0.05) is 0 Å². The Labute approximate surface area is 103 Å². The largest absolute Gasteiger partial charge is 0.477 e. The molecule has 0 aliphatic rings. The van der Waals surface area contributed by atoms with Crippen molar-refractivity contribution in [3.8, 4) is 0 Å². The van der Waals surface area contributed by atoms with Crippen molar-refractivity contribution in [2.75, 3.05) is 17.6 Å². The van der Waals surface area contributed by atoms with E-state index in [1.807, 2.05) is 10.8 Å². The maximum absolute atomic E-state index is 10.8. The maximum Gasteiger partial charge on any atom is 0.354 e. The minimum absolute atomic E-state index is 0.0330. The second kappa shape index (κ2) is 5.17. The highest BCUT2D eigenvalue weighted by molar-refractivity contribution is 5.86. The van der Waals surface area contributed by atoms with E-state index in [-0.39, 0.29) is 5.69 Å². The number of aromatic carboxylic acids is 1. The molecule has 0 fully saturated rings. The van der Waals surface area contributed by atoms with Crippen molar-refractivity contribution in [1.29, 1.82) is 0 Å². The molecule has 2 rings (SSSR count). The third-order valence-corrected chi connectivity index (χ3v) is 2.37. The number of nitrogens with zero attached hydrogens (tertiary/aromatic N) is 3. The monoisotopic (exact) mass is 247 g/mol. The first kappa shape index (κ1) is 11.9. The van der Waals surface area contributed by atoms with Crippen molar-refractivity contribution in [2.45, 2.75) is 6.54 Å². The quantitative estimate of drug-likeness (QED) is 0.717. The van der Waals surface area contributed by atoms with Crippen molar-refractivity contribution in [1.82, 2.24) is 14.5 Å². The smallest absolute Gasteiger partial charge is 0.354 e. The molecule has 7 heteroatoms. The van der Waals surface area contributed by atoms with Gasteiger partial charge in [0.25, 0.3) is 0 Å². The summed E-state index contributed by atoms with van der Waals surface area (Å²) in [7, 11) is 0. The molecule has 2 aromatic heterocycles. The highest BCUT2D eigenvalue weighted by Gasteiger charge is 2.07. The second-order valence-electron chi connectivity index (χ2n) is 3.67. The molecule has 0 bridgehead atoms. The van der Waals surface area contributed by atoms with Gasteiger partial charge in [-0.3, -0.25) is 0 Å². The lowest BCUT2D eigenvalue weighted by Gasteiger charge is -2.09. The fourth-order valence-corrected chi connectivity index (χ4v) is 1.45. The number of nitrogens with two attached hydrogens (primary N) is 1. The zero-order chi connectivity index (χ0) is 13.0. The number of carboxylic acids is 1. The minimum Gasteiger partial charge on any atom is -0.477 e. The third-order valence-electron chi connectivity index (χ3n) is 2.37. The zero-order valence-electron chi connectivity index (χ0n) is 9.58. The topological polar surface area (TPSA) is 106 Å². The van der Waals surface area contributed by atoms with Crippen LogP contribution in [0.2, 0.25) is 0 Å². The van der Waals surface area contributed by atoms with Crippen LogP contribution in [0, 0.1) is 0 Å². The van der Waals surface area contributed by atoms with Crippen LogP contribution < -0.4 is 11.1 Å². The van der Waals surface area contributed by atoms with Crippen LogP contribution in [0.4, 0.5) is 11.5 Å². The molecule has 0 saturated carbocycles. The van der Waals surface area contributed by atoms with Gasteiger partial charge in [0.05, 0.1) is 12.0 Å². The molecule has 0 unspecified atom stereocenters. The summed E-state index contributed by atoms with van der Waals surface area (Å²) < 4.78 is 1.89. The SMILES string of the molecule is Nc1ccc(C(=O)O)nc1NCCn1ccnc1. The summed E-state index contributed by atoms with van der Waals surface area (Å²) in [5, 5.41) is 11.8. The number of nitrogen functional groups attached to an aromatic ring is 1. The Kier molecular flexibility index (Phi) is 3.42. The van der Waals surface area contributed by atoms with E-state index in [0.717, 1.165) is 0 Å². The average Bonchev–Trinajstić information content (AvgIpc) is 2.84. The van der Waals surface area contributed by atoms with Gasteiger partial charge >= 0.3 is 5.97 Å². The number of carboxylic acid groups (broad SMARTS) is 1. The van der Waals surface area contributed by atoms with E-state index in [1.54, 1.807) is 12.5 Å². The predicted octanol–water partition coefficient (Wildman–Crippen LogP) is 0.671. The fourth-order valence-electron chi connectivity index (χ4n) is 1.45. The Hall–Kier alpha value is -2.57. The second-order valence-corrected chi connectivity index (χ2v) is 3.67. The molecular weight excluding hydrogens is 234 g/mol. The molecule has 0 saturated heterocycles. The van der Waals surface area contributed by atoms with E-state index in [9.17, 15) is 4.79 Å². The summed E-state index contributed by atoms with van der Waals surface area (Å²) >= 11 is 0. The van der Waals surface area contributed by atoms with Crippen LogP contribution in [0.3, 0.4) is 0 Å². The molecule has 0 radical (unpaired) electrons. The van der Waals surface area contributed by atoms with Crippen molar-refractivity contribution in [3.63, 3.8) is 0 Å². The number of carbonyl (C=O) groups is 1. The number of imidazole rings is 1. The van der Waals surface area contributed by atoms with Crippen molar-refractivity contribution >= 4 is 17.5 Å². The minimum atomic E-state index is -1.08. The van der Waals surface area contributed by atoms with Crippen LogP contribution in [0.5, 0.6) is 0 Å². The summed E-state index contributed by atoms with van der Waals surface area (Å²) in [5.41, 5.74) is 6.10. The van der Waals surface area contributed by atoms with Crippen molar-refractivity contribution < 1.29 is 9.90 Å².